The van der Waals surface area contributed by atoms with Crippen molar-refractivity contribution < 1.29 is 49.5 Å². The van der Waals surface area contributed by atoms with Crippen LogP contribution < -0.4 is 10.0 Å². The van der Waals surface area contributed by atoms with Gasteiger partial charge >= 0.3 is 12.1 Å². The predicted molar refractivity (Wildman–Crippen MR) is 179 cm³/mol. The molecule has 0 saturated carbocycles. The van der Waals surface area contributed by atoms with E-state index in [4.69, 9.17) is 0 Å². The van der Waals surface area contributed by atoms with E-state index in [1.807, 2.05) is 4.72 Å². The number of alkyl halides is 3. The lowest BCUT2D eigenvalue weighted by Crippen LogP contribution is -2.43. The maximum Gasteiger partial charge on any atom is 0.417 e. The van der Waals surface area contributed by atoms with Crippen molar-refractivity contribution in [3.63, 3.8) is 0 Å². The molecule has 270 valence electrons. The molecule has 6 rings (SSSR count). The third-order valence-corrected chi connectivity index (χ3v) is 9.40. The first kappa shape index (κ1) is 36.4. The molecule has 0 fully saturated rings. The number of hydrogen-bond donors (Lipinski definition) is 3. The van der Waals surface area contributed by atoms with Crippen molar-refractivity contribution in [2.24, 2.45) is 0 Å². The summed E-state index contributed by atoms with van der Waals surface area (Å²) in [4.78, 5) is 36.6. The molecule has 53 heavy (non-hydrogen) atoms. The Labute approximate surface area is 296 Å². The van der Waals surface area contributed by atoms with Crippen molar-refractivity contribution in [3.8, 4) is 22.4 Å². The number of carbonyl (C=O) groups is 2. The summed E-state index contributed by atoms with van der Waals surface area (Å²) in [5.74, 6) is -6.74. The number of rotatable bonds is 10. The molecule has 0 unspecified atom stereocenters. The quantitative estimate of drug-likeness (QED) is 0.0999. The Hall–Kier alpha value is -6.36. The van der Waals surface area contributed by atoms with Gasteiger partial charge in [0.2, 0.25) is 5.95 Å². The van der Waals surface area contributed by atoms with E-state index < -0.39 is 74.9 Å². The van der Waals surface area contributed by atoms with E-state index in [1.54, 1.807) is 6.07 Å². The molecule has 0 saturated heterocycles. The number of halogens is 6. The van der Waals surface area contributed by atoms with Gasteiger partial charge in [0.1, 0.15) is 23.2 Å². The zero-order chi connectivity index (χ0) is 38.1. The fraction of sp³-hybridized carbons (Fsp3) is 0.0833. The first-order chi connectivity index (χ1) is 25.1. The maximum atomic E-state index is 15.2. The largest absolute Gasteiger partial charge is 0.480 e. The van der Waals surface area contributed by atoms with Crippen molar-refractivity contribution in [1.82, 2.24) is 20.3 Å². The van der Waals surface area contributed by atoms with Crippen LogP contribution in [0.1, 0.15) is 21.5 Å². The van der Waals surface area contributed by atoms with Gasteiger partial charge in [-0.25, -0.2) is 27.0 Å². The van der Waals surface area contributed by atoms with E-state index in [0.717, 1.165) is 18.2 Å². The van der Waals surface area contributed by atoms with E-state index in [2.05, 4.69) is 20.3 Å². The number of hydrogen-bond acceptors (Lipinski definition) is 7. The fourth-order valence-electron chi connectivity index (χ4n) is 5.46. The molecular formula is C36H23F6N5O5S. The van der Waals surface area contributed by atoms with Gasteiger partial charge in [0, 0.05) is 42.0 Å². The summed E-state index contributed by atoms with van der Waals surface area (Å²) in [5.41, 5.74) is -0.729. The van der Waals surface area contributed by atoms with Crippen molar-refractivity contribution in [2.45, 2.75) is 23.5 Å². The number of aliphatic carboxylic acids is 1. The summed E-state index contributed by atoms with van der Waals surface area (Å²) in [6, 6.07) is 15.2. The number of carboxylic acid groups (broad SMARTS) is 1. The maximum absolute atomic E-state index is 15.2. The van der Waals surface area contributed by atoms with Crippen LogP contribution in [0.2, 0.25) is 0 Å². The lowest BCUT2D eigenvalue weighted by molar-refractivity contribution is -0.139. The van der Waals surface area contributed by atoms with Gasteiger partial charge in [0.25, 0.3) is 15.9 Å². The van der Waals surface area contributed by atoms with Crippen molar-refractivity contribution in [1.29, 1.82) is 0 Å². The number of amides is 1. The molecule has 10 nitrogen and oxygen atoms in total. The summed E-state index contributed by atoms with van der Waals surface area (Å²) in [7, 11) is -4.40. The molecule has 3 aromatic heterocycles. The molecule has 0 aliphatic carbocycles. The van der Waals surface area contributed by atoms with Gasteiger partial charge in [0.15, 0.2) is 0 Å². The number of pyridine rings is 3. The van der Waals surface area contributed by atoms with Crippen LogP contribution in [0.5, 0.6) is 0 Å². The summed E-state index contributed by atoms with van der Waals surface area (Å²) < 4.78 is 111. The zero-order valence-electron chi connectivity index (χ0n) is 26.7. The Morgan fingerprint density at radius 1 is 0.811 bits per heavy atom. The lowest BCUT2D eigenvalue weighted by atomic mass is 9.96. The molecule has 0 spiro atoms. The predicted octanol–water partition coefficient (Wildman–Crippen LogP) is 7.02. The second-order valence-electron chi connectivity index (χ2n) is 11.5. The second kappa shape index (κ2) is 14.3. The number of carbonyl (C=O) groups excluding carboxylic acids is 1. The number of benzene rings is 3. The van der Waals surface area contributed by atoms with Gasteiger partial charge in [-0.05, 0) is 65.2 Å². The van der Waals surface area contributed by atoms with Crippen LogP contribution >= 0.6 is 0 Å². The van der Waals surface area contributed by atoms with Crippen molar-refractivity contribution in [3.05, 3.63) is 138 Å². The first-order valence-electron chi connectivity index (χ1n) is 15.3. The number of fused-ring (bicyclic) bond motifs is 1. The van der Waals surface area contributed by atoms with Gasteiger partial charge in [0.05, 0.1) is 27.4 Å². The van der Waals surface area contributed by atoms with E-state index in [1.165, 1.54) is 60.9 Å². The topological polar surface area (TPSA) is 151 Å². The average Bonchev–Trinajstić information content (AvgIpc) is 3.10. The fourth-order valence-corrected chi connectivity index (χ4v) is 6.50. The number of carboxylic acids is 1. The van der Waals surface area contributed by atoms with E-state index in [0.29, 0.717) is 46.0 Å². The van der Waals surface area contributed by atoms with Gasteiger partial charge in [-0.3, -0.25) is 19.5 Å². The molecule has 1 amide bonds. The molecular weight excluding hydrogens is 728 g/mol. The molecule has 0 bridgehead atoms. The van der Waals surface area contributed by atoms with E-state index in [9.17, 15) is 40.7 Å². The van der Waals surface area contributed by atoms with Crippen LogP contribution in [-0.2, 0) is 27.4 Å². The molecule has 17 heteroatoms. The highest BCUT2D eigenvalue weighted by Gasteiger charge is 2.31. The first-order valence-corrected chi connectivity index (χ1v) is 16.8. The van der Waals surface area contributed by atoms with Crippen LogP contribution in [0.3, 0.4) is 0 Å². The highest BCUT2D eigenvalue weighted by molar-refractivity contribution is 7.92. The van der Waals surface area contributed by atoms with Gasteiger partial charge in [-0.2, -0.15) is 17.6 Å². The third-order valence-electron chi connectivity index (χ3n) is 8.00. The van der Waals surface area contributed by atoms with E-state index >= 15 is 8.78 Å². The summed E-state index contributed by atoms with van der Waals surface area (Å²) in [5, 5.41) is 12.4. The molecule has 0 radical (unpaired) electrons. The third kappa shape index (κ3) is 7.94. The van der Waals surface area contributed by atoms with Gasteiger partial charge in [-0.15, -0.1) is 0 Å². The van der Waals surface area contributed by atoms with E-state index in [-0.39, 0.29) is 16.1 Å². The van der Waals surface area contributed by atoms with Gasteiger partial charge < -0.3 is 10.4 Å². The molecule has 0 aliphatic heterocycles. The average molecular weight is 752 g/mol. The smallest absolute Gasteiger partial charge is 0.417 e. The highest BCUT2D eigenvalue weighted by atomic mass is 32.2. The van der Waals surface area contributed by atoms with Crippen LogP contribution in [0.25, 0.3) is 33.3 Å². The Balaban J connectivity index is 1.20. The molecule has 0 aliphatic rings. The lowest BCUT2D eigenvalue weighted by Gasteiger charge is -2.18. The van der Waals surface area contributed by atoms with Crippen molar-refractivity contribution in [2.75, 3.05) is 4.72 Å². The number of sulfonamides is 1. The molecule has 3 aromatic carbocycles. The number of nitrogens with zero attached hydrogens (tertiary/aromatic N) is 3. The highest BCUT2D eigenvalue weighted by Crippen LogP contribution is 2.33. The van der Waals surface area contributed by atoms with Crippen LogP contribution in [0, 0.1) is 17.6 Å². The number of anilines is 1. The minimum atomic E-state index is -4.60. The Kier molecular flexibility index (Phi) is 9.86. The van der Waals surface area contributed by atoms with Crippen LogP contribution in [-0.4, -0.2) is 46.4 Å². The second-order valence-corrected chi connectivity index (χ2v) is 13.2. The molecule has 3 N–H and O–H groups in total. The monoisotopic (exact) mass is 751 g/mol. The summed E-state index contributed by atoms with van der Waals surface area (Å²) >= 11 is 0. The Morgan fingerprint density at radius 3 is 2.15 bits per heavy atom. The van der Waals surface area contributed by atoms with Gasteiger partial charge in [-0.1, -0.05) is 30.3 Å². The molecule has 3 heterocycles. The van der Waals surface area contributed by atoms with Crippen LogP contribution in [0.15, 0.2) is 108 Å². The molecule has 1 atom stereocenters. The Bertz CT molecular complexity index is 2460. The normalized spacial score (nSPS) is 12.3. The summed E-state index contributed by atoms with van der Waals surface area (Å²) in [6.45, 7) is 0. The summed E-state index contributed by atoms with van der Waals surface area (Å²) in [6.07, 6.45) is -1.69. The minimum Gasteiger partial charge on any atom is -0.480 e. The standard InChI is InChI=1S/C36H23F6N5O5S/c37-27-16-23(47-53(51,52)24-7-3-19(4-8-24)20-11-13-43-31(39)15-20)17-28(38)32(27)34(48)46-30(35(49)50)14-21-5-9-26(33-25(21)2-1-12-44-33)29-10-6-22(18-45-29)36(40,41)42/h1-13,15-18,30,47H,14H2,(H,46,48)(H,49,50)/t30-/m0/s1. The Morgan fingerprint density at radius 2 is 1.53 bits per heavy atom. The SMILES string of the molecule is O=C(N[C@@H](Cc1ccc(-c2ccc(C(F)(F)F)cn2)c2ncccc12)C(=O)O)c1c(F)cc(NS(=O)(=O)c2ccc(-c3ccnc(F)c3)cc2)cc1F. The minimum absolute atomic E-state index is 0.157. The van der Waals surface area contributed by atoms with Crippen LogP contribution in [0.4, 0.5) is 32.0 Å². The van der Waals surface area contributed by atoms with Crippen molar-refractivity contribution >= 4 is 38.5 Å². The number of aromatic nitrogens is 3. The molecule has 6 aromatic rings. The zero-order valence-corrected chi connectivity index (χ0v) is 27.5. The number of nitrogens with one attached hydrogen (secondary N) is 2.